The van der Waals surface area contributed by atoms with Crippen molar-refractivity contribution >= 4 is 5.84 Å². The van der Waals surface area contributed by atoms with E-state index in [2.05, 4.69) is 34.6 Å². The third-order valence-electron chi connectivity index (χ3n) is 3.67. The molecule has 106 valence electrons. The Morgan fingerprint density at radius 2 is 2.26 bits per heavy atom. The van der Waals surface area contributed by atoms with E-state index in [1.54, 1.807) is 0 Å². The maximum atomic E-state index is 7.37. The van der Waals surface area contributed by atoms with Crippen molar-refractivity contribution in [2.75, 3.05) is 6.54 Å². The molecule has 0 spiro atoms. The normalized spacial score (nSPS) is 15.1. The van der Waals surface area contributed by atoms with E-state index >= 15 is 0 Å². The zero-order valence-corrected chi connectivity index (χ0v) is 12.0. The quantitative estimate of drug-likeness (QED) is 0.554. The number of nitrogens with two attached hydrogens (primary N) is 1. The lowest BCUT2D eigenvalue weighted by molar-refractivity contribution is 0.254. The minimum Gasteiger partial charge on any atom is -0.388 e. The second-order valence-corrected chi connectivity index (χ2v) is 5.27. The largest absolute Gasteiger partial charge is 0.388 e. The molecule has 1 aliphatic rings. The van der Waals surface area contributed by atoms with Crippen molar-refractivity contribution in [3.05, 3.63) is 17.5 Å². The lowest BCUT2D eigenvalue weighted by Crippen LogP contribution is -2.30. The minimum atomic E-state index is 0.281. The first-order valence-electron chi connectivity index (χ1n) is 7.26. The Hall–Kier alpha value is -1.36. The SMILES string of the molecule is CCc1cc(CN(CCC(=N)N)C2CC2)n(CC)n1. The molecule has 1 aliphatic carbocycles. The monoisotopic (exact) mass is 263 g/mol. The second-order valence-electron chi connectivity index (χ2n) is 5.27. The van der Waals surface area contributed by atoms with Crippen LogP contribution in [0.5, 0.6) is 0 Å². The summed E-state index contributed by atoms with van der Waals surface area (Å²) in [6, 6.07) is 2.90. The van der Waals surface area contributed by atoms with Gasteiger partial charge < -0.3 is 5.73 Å². The molecule has 0 unspecified atom stereocenters. The highest BCUT2D eigenvalue weighted by molar-refractivity contribution is 5.76. The Morgan fingerprint density at radius 1 is 1.53 bits per heavy atom. The fraction of sp³-hybridized carbons (Fsp3) is 0.714. The predicted molar refractivity (Wildman–Crippen MR) is 77.2 cm³/mol. The van der Waals surface area contributed by atoms with Gasteiger partial charge in [-0.3, -0.25) is 15.0 Å². The van der Waals surface area contributed by atoms with E-state index in [-0.39, 0.29) is 5.84 Å². The molecule has 0 radical (unpaired) electrons. The van der Waals surface area contributed by atoms with Gasteiger partial charge in [-0.25, -0.2) is 0 Å². The van der Waals surface area contributed by atoms with Gasteiger partial charge in [-0.2, -0.15) is 5.10 Å². The zero-order chi connectivity index (χ0) is 13.8. The van der Waals surface area contributed by atoms with Crippen molar-refractivity contribution in [2.45, 2.75) is 58.7 Å². The van der Waals surface area contributed by atoms with Gasteiger partial charge in [0.1, 0.15) is 0 Å². The molecule has 5 nitrogen and oxygen atoms in total. The first-order chi connectivity index (χ1) is 9.13. The van der Waals surface area contributed by atoms with Crippen molar-refractivity contribution in [1.82, 2.24) is 14.7 Å². The predicted octanol–water partition coefficient (Wildman–Crippen LogP) is 1.76. The summed E-state index contributed by atoms with van der Waals surface area (Å²) >= 11 is 0. The second kappa shape index (κ2) is 6.19. The summed E-state index contributed by atoms with van der Waals surface area (Å²) in [5.74, 6) is 0.281. The van der Waals surface area contributed by atoms with Crippen molar-refractivity contribution < 1.29 is 0 Å². The number of aryl methyl sites for hydroxylation is 2. The van der Waals surface area contributed by atoms with Crippen LogP contribution in [0.4, 0.5) is 0 Å². The summed E-state index contributed by atoms with van der Waals surface area (Å²) in [6.45, 7) is 7.00. The summed E-state index contributed by atoms with van der Waals surface area (Å²) in [5, 5.41) is 12.0. The van der Waals surface area contributed by atoms with Crippen LogP contribution in [0.2, 0.25) is 0 Å². The number of nitrogens with zero attached hydrogens (tertiary/aromatic N) is 3. The first-order valence-corrected chi connectivity index (χ1v) is 7.26. The molecule has 2 rings (SSSR count). The molecule has 5 heteroatoms. The third-order valence-corrected chi connectivity index (χ3v) is 3.67. The van der Waals surface area contributed by atoms with Crippen LogP contribution < -0.4 is 5.73 Å². The molecule has 0 aliphatic heterocycles. The lowest BCUT2D eigenvalue weighted by Gasteiger charge is -2.21. The molecule has 1 aromatic rings. The summed E-state index contributed by atoms with van der Waals surface area (Å²) in [7, 11) is 0. The average molecular weight is 263 g/mol. The Labute approximate surface area is 115 Å². The lowest BCUT2D eigenvalue weighted by atomic mass is 10.2. The summed E-state index contributed by atoms with van der Waals surface area (Å²) in [5.41, 5.74) is 7.93. The highest BCUT2D eigenvalue weighted by Crippen LogP contribution is 2.28. The fourth-order valence-electron chi connectivity index (χ4n) is 2.39. The van der Waals surface area contributed by atoms with E-state index in [4.69, 9.17) is 11.1 Å². The van der Waals surface area contributed by atoms with Crippen LogP contribution in [-0.2, 0) is 19.5 Å². The van der Waals surface area contributed by atoms with Crippen LogP contribution in [0.25, 0.3) is 0 Å². The van der Waals surface area contributed by atoms with Gasteiger partial charge in [0.2, 0.25) is 0 Å². The molecule has 1 fully saturated rings. The number of aromatic nitrogens is 2. The highest BCUT2D eigenvalue weighted by Gasteiger charge is 2.29. The first kappa shape index (κ1) is 14.1. The molecule has 0 atom stereocenters. The molecule has 0 saturated heterocycles. The van der Waals surface area contributed by atoms with Crippen molar-refractivity contribution in [2.24, 2.45) is 5.73 Å². The molecular weight excluding hydrogens is 238 g/mol. The van der Waals surface area contributed by atoms with E-state index < -0.39 is 0 Å². The minimum absolute atomic E-state index is 0.281. The number of hydrogen-bond donors (Lipinski definition) is 2. The molecular formula is C14H25N5. The van der Waals surface area contributed by atoms with Gasteiger partial charge in [-0.15, -0.1) is 0 Å². The van der Waals surface area contributed by atoms with Crippen molar-refractivity contribution in [3.63, 3.8) is 0 Å². The number of hydrogen-bond acceptors (Lipinski definition) is 3. The van der Waals surface area contributed by atoms with Crippen LogP contribution in [0.15, 0.2) is 6.07 Å². The summed E-state index contributed by atoms with van der Waals surface area (Å²) < 4.78 is 2.10. The number of nitrogens with one attached hydrogen (secondary N) is 1. The zero-order valence-electron chi connectivity index (χ0n) is 12.0. The van der Waals surface area contributed by atoms with Crippen LogP contribution >= 0.6 is 0 Å². The third kappa shape index (κ3) is 3.80. The highest BCUT2D eigenvalue weighted by atomic mass is 15.3. The smallest absolute Gasteiger partial charge is 0.0918 e. The van der Waals surface area contributed by atoms with Crippen LogP contribution in [0.3, 0.4) is 0 Å². The summed E-state index contributed by atoms with van der Waals surface area (Å²) in [4.78, 5) is 2.45. The fourth-order valence-corrected chi connectivity index (χ4v) is 2.39. The van der Waals surface area contributed by atoms with Crippen LogP contribution in [-0.4, -0.2) is 33.1 Å². The average Bonchev–Trinajstić information content (AvgIpc) is 3.15. The molecule has 1 aromatic heterocycles. The van der Waals surface area contributed by atoms with Crippen LogP contribution in [0, 0.1) is 5.41 Å². The molecule has 3 N–H and O–H groups in total. The molecule has 1 heterocycles. The molecule has 0 aromatic carbocycles. The van der Waals surface area contributed by atoms with Gasteiger partial charge in [-0.05, 0) is 32.3 Å². The van der Waals surface area contributed by atoms with E-state index in [0.717, 1.165) is 26.1 Å². The van der Waals surface area contributed by atoms with Gasteiger partial charge in [0.25, 0.3) is 0 Å². The van der Waals surface area contributed by atoms with E-state index in [1.165, 1.54) is 24.2 Å². The number of rotatable bonds is 8. The van der Waals surface area contributed by atoms with E-state index in [1.807, 2.05) is 0 Å². The Morgan fingerprint density at radius 3 is 2.79 bits per heavy atom. The van der Waals surface area contributed by atoms with Crippen LogP contribution in [0.1, 0.15) is 44.5 Å². The van der Waals surface area contributed by atoms with E-state index in [9.17, 15) is 0 Å². The maximum absolute atomic E-state index is 7.37. The Bertz CT molecular complexity index is 433. The van der Waals surface area contributed by atoms with Gasteiger partial charge in [0.05, 0.1) is 17.2 Å². The van der Waals surface area contributed by atoms with E-state index in [0.29, 0.717) is 12.5 Å². The molecule has 19 heavy (non-hydrogen) atoms. The Kier molecular flexibility index (Phi) is 4.58. The van der Waals surface area contributed by atoms with Crippen molar-refractivity contribution in [3.8, 4) is 0 Å². The van der Waals surface area contributed by atoms with Gasteiger partial charge in [-0.1, -0.05) is 6.92 Å². The number of amidine groups is 1. The van der Waals surface area contributed by atoms with Gasteiger partial charge in [0, 0.05) is 32.1 Å². The topological polar surface area (TPSA) is 70.9 Å². The van der Waals surface area contributed by atoms with Gasteiger partial charge in [0.15, 0.2) is 0 Å². The maximum Gasteiger partial charge on any atom is 0.0918 e. The molecule has 0 bridgehead atoms. The summed E-state index contributed by atoms with van der Waals surface area (Å²) in [6.07, 6.45) is 4.20. The Balaban J connectivity index is 2.03. The van der Waals surface area contributed by atoms with Gasteiger partial charge >= 0.3 is 0 Å². The molecule has 1 saturated carbocycles. The molecule has 0 amide bonds. The van der Waals surface area contributed by atoms with Crippen molar-refractivity contribution in [1.29, 1.82) is 5.41 Å². The standard InChI is InChI=1S/C14H25N5/c1-3-11-9-13(19(4-2)17-11)10-18(12-5-6-12)8-7-14(15)16/h9,12H,3-8,10H2,1-2H3,(H3,15,16).